The van der Waals surface area contributed by atoms with Crippen LogP contribution in [0.25, 0.3) is 11.0 Å². The topological polar surface area (TPSA) is 65.3 Å². The number of nitrogens with zero attached hydrogens (tertiary/aromatic N) is 2. The van der Waals surface area contributed by atoms with Gasteiger partial charge in [0.25, 0.3) is 5.91 Å². The van der Waals surface area contributed by atoms with Crippen molar-refractivity contribution in [1.29, 1.82) is 0 Å². The number of ether oxygens (including phenoxy) is 1. The van der Waals surface area contributed by atoms with Gasteiger partial charge in [-0.15, -0.1) is 0 Å². The van der Waals surface area contributed by atoms with E-state index in [-0.39, 0.29) is 11.6 Å². The molecule has 0 aliphatic rings. The van der Waals surface area contributed by atoms with E-state index in [4.69, 9.17) is 4.74 Å². The van der Waals surface area contributed by atoms with E-state index in [2.05, 4.69) is 5.32 Å². The fourth-order valence-corrected chi connectivity index (χ4v) is 2.81. The molecule has 0 saturated heterocycles. The molecule has 0 fully saturated rings. The monoisotopic (exact) mass is 325 g/mol. The van der Waals surface area contributed by atoms with E-state index in [1.54, 1.807) is 35.4 Å². The molecule has 2 aromatic carbocycles. The normalized spacial score (nSPS) is 12.3. The summed E-state index contributed by atoms with van der Waals surface area (Å²) in [5, 5.41) is 2.85. The van der Waals surface area contributed by atoms with Crippen molar-refractivity contribution in [2.24, 2.45) is 14.1 Å². The molecule has 0 bridgehead atoms. The Hall–Kier alpha value is -2.86. The van der Waals surface area contributed by atoms with Crippen LogP contribution in [0.3, 0.4) is 0 Å². The number of fused-ring (bicyclic) bond motifs is 1. The number of hydrogen-bond donors (Lipinski definition) is 1. The minimum absolute atomic E-state index is 0.104. The maximum absolute atomic E-state index is 12.5. The number of carbonyl (C=O) groups excluding carboxylic acids is 1. The lowest BCUT2D eigenvalue weighted by Gasteiger charge is -2.15. The van der Waals surface area contributed by atoms with E-state index in [0.29, 0.717) is 5.69 Å². The Morgan fingerprint density at radius 3 is 2.38 bits per heavy atom. The van der Waals surface area contributed by atoms with Gasteiger partial charge in [-0.2, -0.15) is 0 Å². The van der Waals surface area contributed by atoms with Gasteiger partial charge in [0.2, 0.25) is 0 Å². The number of hydrogen-bond acceptors (Lipinski definition) is 3. The van der Waals surface area contributed by atoms with Gasteiger partial charge in [0.1, 0.15) is 0 Å². The predicted molar refractivity (Wildman–Crippen MR) is 93.0 cm³/mol. The molecule has 0 radical (unpaired) electrons. The van der Waals surface area contributed by atoms with Crippen molar-refractivity contribution in [3.63, 3.8) is 0 Å². The van der Waals surface area contributed by atoms with Crippen molar-refractivity contribution in [2.45, 2.75) is 6.10 Å². The van der Waals surface area contributed by atoms with Gasteiger partial charge < -0.3 is 10.1 Å². The molecule has 1 atom stereocenters. The molecule has 3 rings (SSSR count). The lowest BCUT2D eigenvalue weighted by Crippen LogP contribution is -2.22. The highest BCUT2D eigenvalue weighted by Gasteiger charge is 2.20. The first-order chi connectivity index (χ1) is 11.5. The molecule has 0 aliphatic carbocycles. The minimum Gasteiger partial charge on any atom is -0.367 e. The average molecular weight is 325 g/mol. The molecule has 1 amide bonds. The van der Waals surface area contributed by atoms with Crippen molar-refractivity contribution >= 4 is 22.6 Å². The zero-order valence-corrected chi connectivity index (χ0v) is 13.8. The summed E-state index contributed by atoms with van der Waals surface area (Å²) < 4.78 is 8.46. The third kappa shape index (κ3) is 2.72. The number of amides is 1. The largest absolute Gasteiger partial charge is 0.367 e. The second-order valence-corrected chi connectivity index (χ2v) is 5.62. The Labute approximate surface area is 139 Å². The van der Waals surface area contributed by atoms with Crippen LogP contribution in [0.1, 0.15) is 11.7 Å². The van der Waals surface area contributed by atoms with Crippen LogP contribution in [0.5, 0.6) is 0 Å². The summed E-state index contributed by atoms with van der Waals surface area (Å²) >= 11 is 0. The molecule has 1 N–H and O–H groups in total. The van der Waals surface area contributed by atoms with Crippen molar-refractivity contribution in [2.75, 3.05) is 12.4 Å². The number of aryl methyl sites for hydroxylation is 2. The van der Waals surface area contributed by atoms with Crippen LogP contribution in [0.2, 0.25) is 0 Å². The van der Waals surface area contributed by atoms with Crippen molar-refractivity contribution in [3.05, 3.63) is 64.6 Å². The van der Waals surface area contributed by atoms with Crippen molar-refractivity contribution in [3.8, 4) is 0 Å². The van der Waals surface area contributed by atoms with Gasteiger partial charge in [0, 0.05) is 26.9 Å². The van der Waals surface area contributed by atoms with E-state index in [9.17, 15) is 9.59 Å². The Morgan fingerprint density at radius 2 is 1.71 bits per heavy atom. The molecule has 6 heteroatoms. The molecule has 6 nitrogen and oxygen atoms in total. The summed E-state index contributed by atoms with van der Waals surface area (Å²) in [6.45, 7) is 0. The van der Waals surface area contributed by atoms with Crippen LogP contribution in [0.4, 0.5) is 5.69 Å². The van der Waals surface area contributed by atoms with Gasteiger partial charge in [-0.25, -0.2) is 4.79 Å². The Balaban J connectivity index is 1.90. The maximum atomic E-state index is 12.5. The summed E-state index contributed by atoms with van der Waals surface area (Å²) in [7, 11) is 4.93. The molecule has 0 aliphatic heterocycles. The summed E-state index contributed by atoms with van der Waals surface area (Å²) in [6.07, 6.45) is -0.693. The number of rotatable bonds is 4. The molecule has 1 unspecified atom stereocenters. The number of methoxy groups -OCH3 is 1. The zero-order chi connectivity index (χ0) is 17.3. The third-order valence-corrected chi connectivity index (χ3v) is 4.12. The van der Waals surface area contributed by atoms with E-state index in [1.165, 1.54) is 7.11 Å². The van der Waals surface area contributed by atoms with Gasteiger partial charge in [0.05, 0.1) is 11.0 Å². The minimum atomic E-state index is -0.693. The highest BCUT2D eigenvalue weighted by atomic mass is 16.5. The van der Waals surface area contributed by atoms with Crippen LogP contribution in [-0.4, -0.2) is 22.2 Å². The van der Waals surface area contributed by atoms with Gasteiger partial charge >= 0.3 is 5.69 Å². The van der Waals surface area contributed by atoms with Crippen LogP contribution >= 0.6 is 0 Å². The van der Waals surface area contributed by atoms with Gasteiger partial charge in [-0.3, -0.25) is 13.9 Å². The number of aromatic nitrogens is 2. The predicted octanol–water partition coefficient (Wildman–Crippen LogP) is 2.20. The molecule has 0 spiro atoms. The summed E-state index contributed by atoms with van der Waals surface area (Å²) in [5.41, 5.74) is 2.87. The van der Waals surface area contributed by atoms with Crippen LogP contribution in [0, 0.1) is 0 Å². The number of nitrogens with one attached hydrogen (secondary N) is 1. The first-order valence-corrected chi connectivity index (χ1v) is 7.57. The molecule has 3 aromatic rings. The van der Waals surface area contributed by atoms with E-state index in [1.807, 2.05) is 36.4 Å². The van der Waals surface area contributed by atoms with Crippen molar-refractivity contribution < 1.29 is 9.53 Å². The van der Waals surface area contributed by atoms with E-state index < -0.39 is 6.10 Å². The van der Waals surface area contributed by atoms with Crippen LogP contribution in [-0.2, 0) is 23.6 Å². The number of benzene rings is 2. The lowest BCUT2D eigenvalue weighted by atomic mass is 10.1. The quantitative estimate of drug-likeness (QED) is 0.800. The molecular formula is C18H19N3O3. The van der Waals surface area contributed by atoms with Gasteiger partial charge in [-0.1, -0.05) is 30.3 Å². The highest BCUT2D eigenvalue weighted by Crippen LogP contribution is 2.21. The SMILES string of the molecule is COC(C(=O)Nc1ccc2c(c1)n(C)c(=O)n2C)c1ccccc1. The summed E-state index contributed by atoms with van der Waals surface area (Å²) in [4.78, 5) is 24.5. The van der Waals surface area contributed by atoms with Gasteiger partial charge in [-0.05, 0) is 23.8 Å². The number of imidazole rings is 1. The van der Waals surface area contributed by atoms with Crippen LogP contribution < -0.4 is 11.0 Å². The smallest absolute Gasteiger partial charge is 0.328 e. The molecule has 1 aromatic heterocycles. The fourth-order valence-electron chi connectivity index (χ4n) is 2.81. The second-order valence-electron chi connectivity index (χ2n) is 5.62. The maximum Gasteiger partial charge on any atom is 0.328 e. The zero-order valence-electron chi connectivity index (χ0n) is 13.8. The summed E-state index contributed by atoms with van der Waals surface area (Å²) in [5.74, 6) is -0.260. The Bertz CT molecular complexity index is 941. The number of carbonyl (C=O) groups is 1. The third-order valence-electron chi connectivity index (χ3n) is 4.12. The average Bonchev–Trinajstić information content (AvgIpc) is 2.81. The Kier molecular flexibility index (Phi) is 4.22. The highest BCUT2D eigenvalue weighted by molar-refractivity contribution is 5.96. The standard InChI is InChI=1S/C18H19N3O3/c1-20-14-10-9-13(11-15(14)21(2)18(20)23)19-17(22)16(24-3)12-7-5-4-6-8-12/h4-11,16H,1-3H3,(H,19,22). The van der Waals surface area contributed by atoms with Crippen molar-refractivity contribution in [1.82, 2.24) is 9.13 Å². The van der Waals surface area contributed by atoms with E-state index in [0.717, 1.165) is 16.6 Å². The van der Waals surface area contributed by atoms with Crippen LogP contribution in [0.15, 0.2) is 53.3 Å². The second kappa shape index (κ2) is 6.33. The first-order valence-electron chi connectivity index (χ1n) is 7.57. The van der Waals surface area contributed by atoms with E-state index >= 15 is 0 Å². The fraction of sp³-hybridized carbons (Fsp3) is 0.222. The summed E-state index contributed by atoms with van der Waals surface area (Å²) in [6, 6.07) is 14.7. The molecular weight excluding hydrogens is 306 g/mol. The lowest BCUT2D eigenvalue weighted by molar-refractivity contribution is -0.126. The molecule has 1 heterocycles. The molecule has 124 valence electrons. The number of anilines is 1. The first kappa shape index (κ1) is 16.0. The molecule has 24 heavy (non-hydrogen) atoms. The Morgan fingerprint density at radius 1 is 1.04 bits per heavy atom. The van der Waals surface area contributed by atoms with Gasteiger partial charge in [0.15, 0.2) is 6.10 Å². The molecule has 0 saturated carbocycles.